The Labute approximate surface area is 111 Å². The van der Waals surface area contributed by atoms with Crippen molar-refractivity contribution in [1.29, 1.82) is 0 Å². The first-order valence-electron chi connectivity index (χ1n) is 6.59. The van der Waals surface area contributed by atoms with Gasteiger partial charge in [-0.3, -0.25) is 4.79 Å². The van der Waals surface area contributed by atoms with Gasteiger partial charge in [0.25, 0.3) is 0 Å². The Morgan fingerprint density at radius 1 is 1.35 bits per heavy atom. The lowest BCUT2D eigenvalue weighted by Crippen LogP contribution is -2.46. The highest BCUT2D eigenvalue weighted by Crippen LogP contribution is 2.46. The Bertz CT molecular complexity index is 227. The van der Waals surface area contributed by atoms with Crippen LogP contribution in [0.15, 0.2) is 0 Å². The molecule has 1 saturated carbocycles. The predicted molar refractivity (Wildman–Crippen MR) is 74.3 cm³/mol. The van der Waals surface area contributed by atoms with Gasteiger partial charge in [-0.15, -0.1) is 12.4 Å². The third-order valence-electron chi connectivity index (χ3n) is 3.51. The van der Waals surface area contributed by atoms with Gasteiger partial charge in [-0.25, -0.2) is 0 Å². The summed E-state index contributed by atoms with van der Waals surface area (Å²) in [5.74, 6) is 0.888. The average molecular weight is 263 g/mol. The van der Waals surface area contributed by atoms with Crippen molar-refractivity contribution in [2.24, 2.45) is 17.1 Å². The zero-order valence-electron chi connectivity index (χ0n) is 11.1. The highest BCUT2D eigenvalue weighted by Gasteiger charge is 2.43. The van der Waals surface area contributed by atoms with E-state index in [2.05, 4.69) is 19.2 Å². The van der Waals surface area contributed by atoms with E-state index in [9.17, 15) is 4.79 Å². The molecule has 0 aromatic rings. The molecule has 102 valence electrons. The van der Waals surface area contributed by atoms with E-state index in [-0.39, 0.29) is 23.7 Å². The van der Waals surface area contributed by atoms with E-state index >= 15 is 0 Å². The van der Waals surface area contributed by atoms with Crippen LogP contribution in [-0.2, 0) is 4.79 Å². The van der Waals surface area contributed by atoms with Crippen molar-refractivity contribution in [2.75, 3.05) is 13.1 Å². The fourth-order valence-electron chi connectivity index (χ4n) is 2.57. The lowest BCUT2D eigenvalue weighted by Gasteiger charge is -2.41. The number of rotatable bonds is 7. The van der Waals surface area contributed by atoms with E-state index in [4.69, 9.17) is 5.73 Å². The molecule has 1 aliphatic rings. The van der Waals surface area contributed by atoms with Crippen LogP contribution >= 0.6 is 12.4 Å². The van der Waals surface area contributed by atoms with Crippen LogP contribution in [-0.4, -0.2) is 19.0 Å². The standard InChI is InChI=1S/C13H26N2O.ClH/c1-11(2)10-13(6-5-7-13)12(16)15-9-4-3-8-14;/h11H,3-10,14H2,1-2H3,(H,15,16);1H. The molecule has 0 bridgehead atoms. The summed E-state index contributed by atoms with van der Waals surface area (Å²) in [6, 6.07) is 0. The van der Waals surface area contributed by atoms with Gasteiger partial charge in [0.1, 0.15) is 0 Å². The lowest BCUT2D eigenvalue weighted by atomic mass is 9.64. The molecule has 1 fully saturated rings. The second-order valence-corrected chi connectivity index (χ2v) is 5.48. The SMILES string of the molecule is CC(C)CC1(C(=O)NCCCCN)CCC1.Cl. The first kappa shape index (κ1) is 16.7. The number of hydrogen-bond acceptors (Lipinski definition) is 2. The minimum atomic E-state index is -0.0309. The normalized spacial score (nSPS) is 17.2. The Morgan fingerprint density at radius 3 is 2.41 bits per heavy atom. The van der Waals surface area contributed by atoms with Gasteiger partial charge >= 0.3 is 0 Å². The summed E-state index contributed by atoms with van der Waals surface area (Å²) in [4.78, 5) is 12.1. The van der Waals surface area contributed by atoms with Crippen LogP contribution in [0, 0.1) is 11.3 Å². The van der Waals surface area contributed by atoms with E-state index in [1.54, 1.807) is 0 Å². The highest BCUT2D eigenvalue weighted by molar-refractivity contribution is 5.85. The number of unbranched alkanes of at least 4 members (excludes halogenated alkanes) is 1. The van der Waals surface area contributed by atoms with Gasteiger partial charge in [0.15, 0.2) is 0 Å². The summed E-state index contributed by atoms with van der Waals surface area (Å²) < 4.78 is 0. The van der Waals surface area contributed by atoms with Gasteiger partial charge < -0.3 is 11.1 Å². The van der Waals surface area contributed by atoms with Gasteiger partial charge in [-0.2, -0.15) is 0 Å². The van der Waals surface area contributed by atoms with Crippen LogP contribution in [0.1, 0.15) is 52.4 Å². The van der Waals surface area contributed by atoms with Gasteiger partial charge in [0.05, 0.1) is 0 Å². The number of hydrogen-bond donors (Lipinski definition) is 2. The zero-order valence-corrected chi connectivity index (χ0v) is 11.9. The molecule has 0 aromatic carbocycles. The third-order valence-corrected chi connectivity index (χ3v) is 3.51. The van der Waals surface area contributed by atoms with Crippen molar-refractivity contribution in [3.8, 4) is 0 Å². The van der Waals surface area contributed by atoms with Gasteiger partial charge in [-0.1, -0.05) is 20.3 Å². The van der Waals surface area contributed by atoms with Crippen LogP contribution in [0.2, 0.25) is 0 Å². The molecular weight excluding hydrogens is 236 g/mol. The number of nitrogens with two attached hydrogens (primary N) is 1. The minimum absolute atomic E-state index is 0. The van der Waals surface area contributed by atoms with Gasteiger partial charge in [0.2, 0.25) is 5.91 Å². The maximum absolute atomic E-state index is 12.1. The second-order valence-electron chi connectivity index (χ2n) is 5.48. The van der Waals surface area contributed by atoms with E-state index < -0.39 is 0 Å². The minimum Gasteiger partial charge on any atom is -0.356 e. The molecule has 0 spiro atoms. The van der Waals surface area contributed by atoms with Crippen molar-refractivity contribution in [3.05, 3.63) is 0 Å². The van der Waals surface area contributed by atoms with Crippen molar-refractivity contribution in [3.63, 3.8) is 0 Å². The zero-order chi connectivity index (χ0) is 12.0. The Morgan fingerprint density at radius 2 is 2.00 bits per heavy atom. The van der Waals surface area contributed by atoms with Gasteiger partial charge in [-0.05, 0) is 44.6 Å². The maximum Gasteiger partial charge on any atom is 0.226 e. The number of halogens is 1. The molecule has 1 rings (SSSR count). The fourth-order valence-corrected chi connectivity index (χ4v) is 2.57. The molecule has 0 aromatic heterocycles. The summed E-state index contributed by atoms with van der Waals surface area (Å²) >= 11 is 0. The van der Waals surface area contributed by atoms with Crippen molar-refractivity contribution in [1.82, 2.24) is 5.32 Å². The van der Waals surface area contributed by atoms with Crippen molar-refractivity contribution >= 4 is 18.3 Å². The highest BCUT2D eigenvalue weighted by atomic mass is 35.5. The molecule has 3 nitrogen and oxygen atoms in total. The largest absolute Gasteiger partial charge is 0.356 e. The Balaban J connectivity index is 0.00000256. The summed E-state index contributed by atoms with van der Waals surface area (Å²) in [7, 11) is 0. The predicted octanol–water partition coefficient (Wildman–Crippen LogP) is 2.48. The van der Waals surface area contributed by atoms with Crippen LogP contribution in [0.25, 0.3) is 0 Å². The number of nitrogens with one attached hydrogen (secondary N) is 1. The summed E-state index contributed by atoms with van der Waals surface area (Å²) in [5.41, 5.74) is 5.39. The summed E-state index contributed by atoms with van der Waals surface area (Å²) in [6.45, 7) is 5.90. The van der Waals surface area contributed by atoms with Crippen LogP contribution in [0.4, 0.5) is 0 Å². The Hall–Kier alpha value is -0.280. The molecule has 0 heterocycles. The molecule has 1 aliphatic carbocycles. The molecule has 4 heteroatoms. The Kier molecular flexibility index (Phi) is 7.80. The second kappa shape index (κ2) is 7.93. The van der Waals surface area contributed by atoms with E-state index in [1.807, 2.05) is 0 Å². The monoisotopic (exact) mass is 262 g/mol. The van der Waals surface area contributed by atoms with Gasteiger partial charge in [0, 0.05) is 12.0 Å². The van der Waals surface area contributed by atoms with Crippen LogP contribution < -0.4 is 11.1 Å². The number of carbonyl (C=O) groups excluding carboxylic acids is 1. The molecule has 0 unspecified atom stereocenters. The average Bonchev–Trinajstić information content (AvgIpc) is 2.17. The first-order chi connectivity index (χ1) is 7.60. The lowest BCUT2D eigenvalue weighted by molar-refractivity contribution is -0.137. The molecule has 0 atom stereocenters. The summed E-state index contributed by atoms with van der Waals surface area (Å²) in [6.07, 6.45) is 6.40. The maximum atomic E-state index is 12.1. The number of carbonyl (C=O) groups is 1. The van der Waals surface area contributed by atoms with Crippen molar-refractivity contribution in [2.45, 2.75) is 52.4 Å². The van der Waals surface area contributed by atoms with Crippen LogP contribution in [0.3, 0.4) is 0 Å². The van der Waals surface area contributed by atoms with Crippen molar-refractivity contribution < 1.29 is 4.79 Å². The quantitative estimate of drug-likeness (QED) is 0.693. The molecule has 0 radical (unpaired) electrons. The third kappa shape index (κ3) is 4.84. The fraction of sp³-hybridized carbons (Fsp3) is 0.923. The molecule has 0 saturated heterocycles. The molecule has 3 N–H and O–H groups in total. The molecule has 1 amide bonds. The van der Waals surface area contributed by atoms with E-state index in [1.165, 1.54) is 6.42 Å². The van der Waals surface area contributed by atoms with E-state index in [0.717, 1.165) is 38.6 Å². The molecular formula is C13H27ClN2O. The van der Waals surface area contributed by atoms with Crippen LogP contribution in [0.5, 0.6) is 0 Å². The van der Waals surface area contributed by atoms with E-state index in [0.29, 0.717) is 12.5 Å². The molecule has 17 heavy (non-hydrogen) atoms. The topological polar surface area (TPSA) is 55.1 Å². The summed E-state index contributed by atoms with van der Waals surface area (Å²) in [5, 5.41) is 3.07. The first-order valence-corrected chi connectivity index (χ1v) is 6.59. The number of amides is 1. The molecule has 0 aliphatic heterocycles. The smallest absolute Gasteiger partial charge is 0.226 e.